The summed E-state index contributed by atoms with van der Waals surface area (Å²) in [6.07, 6.45) is 1.83. The van der Waals surface area contributed by atoms with Gasteiger partial charge in [0.25, 0.3) is 0 Å². The second-order valence-corrected chi connectivity index (χ2v) is 3.90. The van der Waals surface area contributed by atoms with Crippen LogP contribution in [0, 0.1) is 13.8 Å². The average Bonchev–Trinajstić information content (AvgIpc) is 2.22. The summed E-state index contributed by atoms with van der Waals surface area (Å²) in [7, 11) is 0. The van der Waals surface area contributed by atoms with Crippen molar-refractivity contribution < 1.29 is 0 Å². The monoisotopic (exact) mass is 218 g/mol. The molecule has 1 aromatic heterocycles. The Labute approximate surface area is 94.0 Å². The highest BCUT2D eigenvalue weighted by molar-refractivity contribution is 6.30. The van der Waals surface area contributed by atoms with Gasteiger partial charge in [-0.3, -0.25) is 0 Å². The lowest BCUT2D eigenvalue weighted by Gasteiger charge is -2.05. The lowest BCUT2D eigenvalue weighted by molar-refractivity contribution is 1.04. The van der Waals surface area contributed by atoms with Gasteiger partial charge in [0.2, 0.25) is 0 Å². The van der Waals surface area contributed by atoms with Crippen molar-refractivity contribution in [2.24, 2.45) is 0 Å². The summed E-state index contributed by atoms with van der Waals surface area (Å²) in [4.78, 5) is 8.56. The molecule has 2 nitrogen and oxygen atoms in total. The number of aromatic nitrogens is 2. The summed E-state index contributed by atoms with van der Waals surface area (Å²) in [5.74, 6) is 0.774. The van der Waals surface area contributed by atoms with E-state index < -0.39 is 0 Å². The number of hydrogen-bond acceptors (Lipinski definition) is 2. The molecule has 0 saturated heterocycles. The van der Waals surface area contributed by atoms with Crippen LogP contribution in [0.5, 0.6) is 0 Å². The maximum atomic E-state index is 5.94. The lowest BCUT2D eigenvalue weighted by atomic mass is 10.1. The van der Waals surface area contributed by atoms with E-state index in [0.29, 0.717) is 0 Å². The summed E-state index contributed by atoms with van der Waals surface area (Å²) in [6, 6.07) is 7.69. The van der Waals surface area contributed by atoms with Crippen LogP contribution in [0.15, 0.2) is 30.5 Å². The zero-order valence-corrected chi connectivity index (χ0v) is 9.42. The molecule has 0 N–H and O–H groups in total. The van der Waals surface area contributed by atoms with Gasteiger partial charge in [-0.2, -0.15) is 0 Å². The minimum Gasteiger partial charge on any atom is -0.241 e. The molecule has 1 aromatic carbocycles. The van der Waals surface area contributed by atoms with Crippen LogP contribution >= 0.6 is 11.6 Å². The van der Waals surface area contributed by atoms with E-state index in [1.165, 1.54) is 0 Å². The van der Waals surface area contributed by atoms with Crippen LogP contribution in [-0.4, -0.2) is 9.97 Å². The molecule has 76 valence electrons. The molecule has 0 spiro atoms. The molecule has 0 fully saturated rings. The summed E-state index contributed by atoms with van der Waals surface area (Å²) in [5.41, 5.74) is 3.04. The van der Waals surface area contributed by atoms with E-state index >= 15 is 0 Å². The first-order valence-corrected chi connectivity index (χ1v) is 5.11. The van der Waals surface area contributed by atoms with Crippen molar-refractivity contribution in [1.29, 1.82) is 0 Å². The van der Waals surface area contributed by atoms with Gasteiger partial charge in [-0.25, -0.2) is 9.97 Å². The van der Waals surface area contributed by atoms with Crippen LogP contribution in [0.1, 0.15) is 11.4 Å². The van der Waals surface area contributed by atoms with Gasteiger partial charge in [0.15, 0.2) is 0 Å². The quantitative estimate of drug-likeness (QED) is 0.733. The average molecular weight is 219 g/mol. The maximum absolute atomic E-state index is 5.94. The predicted molar refractivity (Wildman–Crippen MR) is 62.0 cm³/mol. The molecule has 0 atom stereocenters. The molecule has 2 rings (SSSR count). The molecule has 0 amide bonds. The van der Waals surface area contributed by atoms with E-state index in [9.17, 15) is 0 Å². The highest BCUT2D eigenvalue weighted by Gasteiger charge is 2.04. The van der Waals surface area contributed by atoms with E-state index in [0.717, 1.165) is 27.7 Å². The summed E-state index contributed by atoms with van der Waals surface area (Å²) in [6.45, 7) is 3.88. The zero-order chi connectivity index (χ0) is 10.8. The van der Waals surface area contributed by atoms with Crippen molar-refractivity contribution in [3.05, 3.63) is 46.9 Å². The second-order valence-electron chi connectivity index (χ2n) is 3.46. The fourth-order valence-electron chi connectivity index (χ4n) is 1.46. The number of benzene rings is 1. The zero-order valence-electron chi connectivity index (χ0n) is 8.66. The van der Waals surface area contributed by atoms with Crippen molar-refractivity contribution in [2.75, 3.05) is 0 Å². The Morgan fingerprint density at radius 1 is 1.20 bits per heavy atom. The van der Waals surface area contributed by atoms with Gasteiger partial charge in [0, 0.05) is 16.8 Å². The molecule has 0 bridgehead atoms. The van der Waals surface area contributed by atoms with Gasteiger partial charge in [-0.15, -0.1) is 0 Å². The maximum Gasteiger partial charge on any atom is 0.125 e. The van der Waals surface area contributed by atoms with Crippen LogP contribution < -0.4 is 0 Å². The Balaban J connectivity index is 2.58. The first-order valence-electron chi connectivity index (χ1n) is 4.73. The fourth-order valence-corrected chi connectivity index (χ4v) is 1.65. The van der Waals surface area contributed by atoms with Gasteiger partial charge in [-0.05, 0) is 31.5 Å². The number of aryl methyl sites for hydroxylation is 2. The molecule has 0 aliphatic carbocycles. The molecule has 2 aromatic rings. The Morgan fingerprint density at radius 3 is 2.73 bits per heavy atom. The number of hydrogen-bond donors (Lipinski definition) is 0. The third-order valence-corrected chi connectivity index (χ3v) is 2.43. The Morgan fingerprint density at radius 2 is 2.00 bits per heavy atom. The van der Waals surface area contributed by atoms with Gasteiger partial charge in [0.05, 0.1) is 5.69 Å². The molecule has 0 unspecified atom stereocenters. The fraction of sp³-hybridized carbons (Fsp3) is 0.167. The van der Waals surface area contributed by atoms with Crippen molar-refractivity contribution >= 4 is 11.6 Å². The highest BCUT2D eigenvalue weighted by atomic mass is 35.5. The number of halogens is 1. The van der Waals surface area contributed by atoms with Gasteiger partial charge in [0.1, 0.15) is 5.82 Å². The molecule has 1 heterocycles. The Hall–Kier alpha value is -1.41. The van der Waals surface area contributed by atoms with Crippen molar-refractivity contribution in [3.63, 3.8) is 0 Å². The van der Waals surface area contributed by atoms with E-state index in [4.69, 9.17) is 11.6 Å². The van der Waals surface area contributed by atoms with Crippen LogP contribution in [0.25, 0.3) is 11.3 Å². The van der Waals surface area contributed by atoms with Crippen LogP contribution in [0.4, 0.5) is 0 Å². The summed E-state index contributed by atoms with van der Waals surface area (Å²) < 4.78 is 0. The smallest absolute Gasteiger partial charge is 0.125 e. The molecule has 0 aliphatic heterocycles. The van der Waals surface area contributed by atoms with Crippen molar-refractivity contribution in [1.82, 2.24) is 9.97 Å². The highest BCUT2D eigenvalue weighted by Crippen LogP contribution is 2.23. The second kappa shape index (κ2) is 3.99. The van der Waals surface area contributed by atoms with Crippen molar-refractivity contribution in [3.8, 4) is 11.3 Å². The van der Waals surface area contributed by atoms with Crippen LogP contribution in [0.2, 0.25) is 5.02 Å². The van der Waals surface area contributed by atoms with Crippen LogP contribution in [0.3, 0.4) is 0 Å². The van der Waals surface area contributed by atoms with Gasteiger partial charge in [-0.1, -0.05) is 23.7 Å². The SMILES string of the molecule is Cc1ncc(C)c(-c2cccc(Cl)c2)n1. The molecular weight excluding hydrogens is 208 g/mol. The van der Waals surface area contributed by atoms with E-state index in [-0.39, 0.29) is 0 Å². The van der Waals surface area contributed by atoms with E-state index in [2.05, 4.69) is 9.97 Å². The minimum atomic E-state index is 0.725. The van der Waals surface area contributed by atoms with Crippen molar-refractivity contribution in [2.45, 2.75) is 13.8 Å². The third kappa shape index (κ3) is 2.16. The van der Waals surface area contributed by atoms with Crippen LogP contribution in [-0.2, 0) is 0 Å². The van der Waals surface area contributed by atoms with Gasteiger partial charge < -0.3 is 0 Å². The number of nitrogens with zero attached hydrogens (tertiary/aromatic N) is 2. The molecular formula is C12H11ClN2. The Kier molecular flexibility index (Phi) is 2.69. The topological polar surface area (TPSA) is 25.8 Å². The predicted octanol–water partition coefficient (Wildman–Crippen LogP) is 3.41. The third-order valence-electron chi connectivity index (χ3n) is 2.19. The molecule has 0 aliphatic rings. The summed E-state index contributed by atoms with van der Waals surface area (Å²) in [5, 5.41) is 0.725. The van der Waals surface area contributed by atoms with Gasteiger partial charge >= 0.3 is 0 Å². The Bertz CT molecular complexity index is 495. The largest absolute Gasteiger partial charge is 0.241 e. The normalized spacial score (nSPS) is 10.3. The lowest BCUT2D eigenvalue weighted by Crippen LogP contribution is -1.93. The van der Waals surface area contributed by atoms with E-state index in [1.807, 2.05) is 44.3 Å². The summed E-state index contributed by atoms with van der Waals surface area (Å²) >= 11 is 5.94. The molecule has 0 radical (unpaired) electrons. The first kappa shape index (κ1) is 10.1. The standard InChI is InChI=1S/C12H11ClN2/c1-8-7-14-9(2)15-12(8)10-4-3-5-11(13)6-10/h3-7H,1-2H3. The minimum absolute atomic E-state index is 0.725. The molecule has 3 heteroatoms. The number of rotatable bonds is 1. The molecule has 0 saturated carbocycles. The molecule has 15 heavy (non-hydrogen) atoms. The van der Waals surface area contributed by atoms with E-state index in [1.54, 1.807) is 0 Å². The first-order chi connectivity index (χ1) is 7.16.